The van der Waals surface area contributed by atoms with Crippen LogP contribution in [0.3, 0.4) is 0 Å². The molecule has 8 aromatic rings. The summed E-state index contributed by atoms with van der Waals surface area (Å²) in [7, 11) is -2.57. The zero-order valence-electron chi connectivity index (χ0n) is 34.2. The highest BCUT2D eigenvalue weighted by molar-refractivity contribution is 7.92. The van der Waals surface area contributed by atoms with Crippen LogP contribution >= 0.6 is 22.7 Å². The molecule has 1 atom stereocenters. The largest absolute Gasteiger partial charge is 0.469 e. The minimum Gasteiger partial charge on any atom is -0.469 e. The highest BCUT2D eigenvalue weighted by atomic mass is 32.2. The van der Waals surface area contributed by atoms with Crippen molar-refractivity contribution in [3.05, 3.63) is 146 Å². The van der Waals surface area contributed by atoms with Crippen LogP contribution in [0.1, 0.15) is 72.0 Å². The average Bonchev–Trinajstić information content (AvgIpc) is 4.05. The van der Waals surface area contributed by atoms with Crippen LogP contribution in [-0.2, 0) is 26.1 Å². The number of rotatable bonds is 10. The van der Waals surface area contributed by atoms with Gasteiger partial charge in [-0.05, 0) is 97.3 Å². The lowest BCUT2D eigenvalue weighted by molar-refractivity contribution is -0.141. The summed E-state index contributed by atoms with van der Waals surface area (Å²) < 4.78 is 37.3. The number of hydrogen-bond donors (Lipinski definition) is 3. The number of H-pyrrole nitrogens is 1. The number of sulfonamides is 1. The summed E-state index contributed by atoms with van der Waals surface area (Å²) in [5.74, 6) is 0.708. The van der Waals surface area contributed by atoms with Crippen molar-refractivity contribution in [1.82, 2.24) is 25.1 Å². The molecule has 0 radical (unpaired) electrons. The van der Waals surface area contributed by atoms with E-state index < -0.39 is 16.1 Å². The van der Waals surface area contributed by atoms with Crippen molar-refractivity contribution in [1.29, 1.82) is 5.26 Å². The molecule has 62 heavy (non-hydrogen) atoms. The molecular formula is C46H38N8O5S3. The van der Waals surface area contributed by atoms with E-state index in [2.05, 4.69) is 63.3 Å². The summed E-state index contributed by atoms with van der Waals surface area (Å²) in [6.07, 6.45) is 1.59. The van der Waals surface area contributed by atoms with Crippen LogP contribution in [0, 0.1) is 39.0 Å². The molecule has 16 heteroatoms. The summed E-state index contributed by atoms with van der Waals surface area (Å²) >= 11 is 3.05. The van der Waals surface area contributed by atoms with Gasteiger partial charge >= 0.3 is 5.97 Å². The molecule has 0 aliphatic carbocycles. The Kier molecular flexibility index (Phi) is 10.3. The van der Waals surface area contributed by atoms with Crippen LogP contribution in [-0.4, -0.2) is 52.9 Å². The zero-order valence-corrected chi connectivity index (χ0v) is 36.6. The van der Waals surface area contributed by atoms with E-state index >= 15 is 0 Å². The molecule has 0 saturated heterocycles. The Labute approximate surface area is 364 Å². The summed E-state index contributed by atoms with van der Waals surface area (Å²) in [5, 5.41) is 23.8. The molecule has 1 aliphatic rings. The Hall–Kier alpha value is -6.93. The first-order valence-electron chi connectivity index (χ1n) is 19.6. The van der Waals surface area contributed by atoms with E-state index in [1.807, 2.05) is 48.7 Å². The maximum atomic E-state index is 13.3. The van der Waals surface area contributed by atoms with Crippen LogP contribution < -0.4 is 10.0 Å². The first-order valence-corrected chi connectivity index (χ1v) is 22.7. The van der Waals surface area contributed by atoms with Gasteiger partial charge in [0, 0.05) is 38.8 Å². The van der Waals surface area contributed by atoms with Gasteiger partial charge in [-0.3, -0.25) is 23.9 Å². The number of fused-ring (bicyclic) bond motifs is 5. The van der Waals surface area contributed by atoms with E-state index in [1.54, 1.807) is 41.8 Å². The summed E-state index contributed by atoms with van der Waals surface area (Å²) in [6, 6.07) is 27.5. The molecule has 5 heterocycles. The average molecular weight is 879 g/mol. The van der Waals surface area contributed by atoms with E-state index in [4.69, 9.17) is 9.73 Å². The topological polar surface area (TPSA) is 184 Å². The second-order valence-electron chi connectivity index (χ2n) is 15.0. The van der Waals surface area contributed by atoms with Gasteiger partial charge in [-0.1, -0.05) is 48.5 Å². The number of ether oxygens (including phenoxy) is 1. The van der Waals surface area contributed by atoms with Crippen molar-refractivity contribution in [3.8, 4) is 22.2 Å². The number of amides is 1. The van der Waals surface area contributed by atoms with Crippen molar-refractivity contribution in [2.45, 2.75) is 51.6 Å². The minimum atomic E-state index is -3.94. The number of hydrogen-bond acceptors (Lipinski definition) is 11. The fraction of sp³-hybridized carbons (Fsp3) is 0.174. The molecule has 1 aliphatic heterocycles. The monoisotopic (exact) mass is 878 g/mol. The Morgan fingerprint density at radius 1 is 0.919 bits per heavy atom. The van der Waals surface area contributed by atoms with E-state index in [1.165, 1.54) is 30.6 Å². The van der Waals surface area contributed by atoms with Crippen LogP contribution in [0.4, 0.5) is 5.69 Å². The first-order chi connectivity index (χ1) is 29.8. The highest BCUT2D eigenvalue weighted by Gasteiger charge is 2.32. The van der Waals surface area contributed by atoms with Crippen LogP contribution in [0.5, 0.6) is 0 Å². The van der Waals surface area contributed by atoms with E-state index in [9.17, 15) is 23.3 Å². The molecule has 3 N–H and O–H groups in total. The number of esters is 1. The number of aliphatic imine (C=N–C) groups is 1. The smallest absolute Gasteiger partial charge is 0.308 e. The number of aromatic amines is 1. The second-order valence-corrected chi connectivity index (χ2v) is 19.0. The summed E-state index contributed by atoms with van der Waals surface area (Å²) in [4.78, 5) is 35.8. The third-order valence-electron chi connectivity index (χ3n) is 11.2. The van der Waals surface area contributed by atoms with E-state index in [0.717, 1.165) is 70.4 Å². The molecule has 0 spiro atoms. The number of nitrogens with zero attached hydrogens (tertiary/aromatic N) is 5. The van der Waals surface area contributed by atoms with Crippen molar-refractivity contribution >= 4 is 77.0 Å². The molecule has 4 aromatic heterocycles. The number of carbonyl (C=O) groups excluding carboxylic acids is 2. The maximum absolute atomic E-state index is 13.3. The van der Waals surface area contributed by atoms with Crippen molar-refractivity contribution in [2.75, 3.05) is 11.8 Å². The lowest BCUT2D eigenvalue weighted by Crippen LogP contribution is -2.21. The number of carbonyl (C=O) groups is 2. The van der Waals surface area contributed by atoms with Crippen LogP contribution in [0.25, 0.3) is 37.1 Å². The number of nitrogens with one attached hydrogen (secondary N) is 3. The lowest BCUT2D eigenvalue weighted by atomic mass is 9.96. The Bertz CT molecular complexity index is 3300. The molecular weight excluding hydrogens is 841 g/mol. The SMILES string of the molecule is COC(=O)C[C@@H]1N=C(c2ccc(-c3ccc4sc(C(=O)NCc5ccc(S(=O)(=O)Nc6ccc(C)c7c(C#N)c[nH]c67)cc5)cc4c3)cc2)c2c(sc(C)c2C)-n2c(C)nnc21. The Balaban J connectivity index is 0.899. The van der Waals surface area contributed by atoms with E-state index in [-0.39, 0.29) is 29.7 Å². The first kappa shape index (κ1) is 40.5. The quantitative estimate of drug-likeness (QED) is 0.114. The minimum absolute atomic E-state index is 0.0298. The normalized spacial score (nSPS) is 13.5. The van der Waals surface area contributed by atoms with Gasteiger partial charge in [-0.2, -0.15) is 5.26 Å². The molecule has 0 saturated carbocycles. The lowest BCUT2D eigenvalue weighted by Gasteiger charge is -2.12. The number of anilines is 1. The van der Waals surface area contributed by atoms with Gasteiger partial charge in [-0.25, -0.2) is 8.42 Å². The second kappa shape index (κ2) is 15.8. The summed E-state index contributed by atoms with van der Waals surface area (Å²) in [5.41, 5.74) is 8.68. The molecule has 0 fully saturated rings. The predicted molar refractivity (Wildman–Crippen MR) is 242 cm³/mol. The maximum Gasteiger partial charge on any atom is 0.308 e. The van der Waals surface area contributed by atoms with Gasteiger partial charge in [0.25, 0.3) is 15.9 Å². The van der Waals surface area contributed by atoms with Gasteiger partial charge < -0.3 is 15.0 Å². The fourth-order valence-electron chi connectivity index (χ4n) is 7.77. The number of methoxy groups -OCH3 is 1. The standard InChI is InChI=1S/C46H38N8O5S3/c1-24-6-16-35(43-40(24)33(21-47)23-48-43)53-62(57,58)34-14-7-28(8-15-34)22-49-45(56)38-19-32-18-31(13-17-37(32)61-38)29-9-11-30(12-10-29)42-41-25(2)26(3)60-46(41)54-27(4)51-52-44(54)36(50-42)20-39(55)59-5/h6-19,23,36,48,53H,20,22H2,1-5H3,(H,49,56)/t36-/m0/s1. The van der Waals surface area contributed by atoms with Gasteiger partial charge in [0.1, 0.15) is 22.9 Å². The number of nitriles is 1. The van der Waals surface area contributed by atoms with Crippen LogP contribution in [0.2, 0.25) is 0 Å². The molecule has 13 nitrogen and oxygen atoms in total. The van der Waals surface area contributed by atoms with E-state index in [0.29, 0.717) is 32.9 Å². The van der Waals surface area contributed by atoms with Crippen molar-refractivity contribution in [2.24, 2.45) is 4.99 Å². The predicted octanol–water partition coefficient (Wildman–Crippen LogP) is 8.98. The van der Waals surface area contributed by atoms with Gasteiger partial charge in [0.15, 0.2) is 5.82 Å². The third kappa shape index (κ3) is 7.23. The van der Waals surface area contributed by atoms with Gasteiger partial charge in [0.2, 0.25) is 0 Å². The zero-order chi connectivity index (χ0) is 43.4. The third-order valence-corrected chi connectivity index (χ3v) is 14.8. The van der Waals surface area contributed by atoms with Crippen LogP contribution in [0.15, 0.2) is 101 Å². The Morgan fingerprint density at radius 3 is 2.40 bits per heavy atom. The van der Waals surface area contributed by atoms with Crippen molar-refractivity contribution in [3.63, 3.8) is 0 Å². The molecule has 0 unspecified atom stereocenters. The molecule has 1 amide bonds. The van der Waals surface area contributed by atoms with Crippen molar-refractivity contribution < 1.29 is 22.7 Å². The molecule has 9 rings (SSSR count). The Morgan fingerprint density at radius 2 is 1.66 bits per heavy atom. The van der Waals surface area contributed by atoms with Gasteiger partial charge in [0.05, 0.1) is 45.8 Å². The molecule has 0 bridgehead atoms. The summed E-state index contributed by atoms with van der Waals surface area (Å²) in [6.45, 7) is 8.15. The molecule has 310 valence electrons. The number of thiophene rings is 2. The number of benzene rings is 4. The number of aromatic nitrogens is 4. The fourth-order valence-corrected chi connectivity index (χ4v) is 11.0. The number of aryl methyl sites for hydroxylation is 3. The van der Waals surface area contributed by atoms with Gasteiger partial charge in [-0.15, -0.1) is 32.9 Å². The highest BCUT2D eigenvalue weighted by Crippen LogP contribution is 2.40. The molecule has 4 aromatic carbocycles.